The van der Waals surface area contributed by atoms with Crippen LogP contribution in [0.1, 0.15) is 32.3 Å². The van der Waals surface area contributed by atoms with Crippen LogP contribution in [0.3, 0.4) is 0 Å². The van der Waals surface area contributed by atoms with Crippen molar-refractivity contribution in [2.75, 3.05) is 32.2 Å². The van der Waals surface area contributed by atoms with Gasteiger partial charge >= 0.3 is 231 Å². The number of benzene rings is 2. The van der Waals surface area contributed by atoms with Crippen LogP contribution in [0.2, 0.25) is 0 Å². The monoisotopic (exact) mass is 608 g/mol. The van der Waals surface area contributed by atoms with Crippen molar-refractivity contribution >= 4 is 52.7 Å². The number of hydrogen-bond acceptors (Lipinski definition) is 7. The van der Waals surface area contributed by atoms with E-state index >= 15 is 0 Å². The quantitative estimate of drug-likeness (QED) is 0.267. The Morgan fingerprint density at radius 2 is 2.03 bits per heavy atom. The molecule has 0 radical (unpaired) electrons. The van der Waals surface area contributed by atoms with Gasteiger partial charge in [0.05, 0.1) is 0 Å². The molecule has 0 saturated carbocycles. The summed E-state index contributed by atoms with van der Waals surface area (Å²) in [5, 5.41) is 0.197. The Morgan fingerprint density at radius 1 is 1.24 bits per heavy atom. The molecule has 10 heteroatoms. The molecular formula is C27H32N2O5S2Se. The number of quaternary nitrogens is 1. The summed E-state index contributed by atoms with van der Waals surface area (Å²) in [7, 11) is -1.12. The van der Waals surface area contributed by atoms with Crippen LogP contribution in [0.15, 0.2) is 58.0 Å². The normalized spacial score (nSPS) is 25.8. The summed E-state index contributed by atoms with van der Waals surface area (Å²) in [5.41, 5.74) is 4.22. The molecule has 0 aliphatic carbocycles. The standard InChI is InChI=1S/C27H32N2O5S2Se/c1-6-18(13-25-28(7-2)20-15-19(33-4)8-9-23(20)35-25)14-27-29(11-10-26(29)36(30,31)32)21-12-17(3)22(34-5)16-24(21)37-27/h8-9,12-16,26-27H,6-7,10-11H2,1-5H3/b18-14+,25-13-. The molecule has 7 nitrogen and oxygen atoms in total. The number of allylic oxidation sites excluding steroid dienone is 2. The molecule has 0 amide bonds. The molecule has 0 bridgehead atoms. The Morgan fingerprint density at radius 3 is 2.62 bits per heavy atom. The van der Waals surface area contributed by atoms with Crippen LogP contribution in [0.5, 0.6) is 11.5 Å². The molecule has 198 valence electrons. The van der Waals surface area contributed by atoms with Crippen LogP contribution in [-0.4, -0.2) is 65.6 Å². The number of fused-ring (bicyclic) bond motifs is 3. The number of ether oxygens (including phenoxy) is 2. The molecule has 0 aromatic heterocycles. The molecule has 3 heterocycles. The molecule has 1 saturated heterocycles. The van der Waals surface area contributed by atoms with Crippen LogP contribution in [0.4, 0.5) is 11.4 Å². The number of anilines is 1. The predicted molar refractivity (Wildman–Crippen MR) is 150 cm³/mol. The molecule has 3 unspecified atom stereocenters. The summed E-state index contributed by atoms with van der Waals surface area (Å²) in [6.07, 6.45) is 5.67. The molecule has 0 N–H and O–H groups in total. The molecule has 5 rings (SSSR count). The van der Waals surface area contributed by atoms with Gasteiger partial charge in [-0.05, 0) is 0 Å². The van der Waals surface area contributed by atoms with E-state index < -0.39 is 15.5 Å². The number of thioether (sulfide) groups is 1. The zero-order valence-electron chi connectivity index (χ0n) is 21.7. The van der Waals surface area contributed by atoms with Crippen molar-refractivity contribution in [3.8, 4) is 11.5 Å². The van der Waals surface area contributed by atoms with E-state index in [1.165, 1.54) is 4.90 Å². The Kier molecular flexibility index (Phi) is 7.19. The second-order valence-electron chi connectivity index (χ2n) is 9.45. The van der Waals surface area contributed by atoms with E-state index in [1.54, 1.807) is 26.0 Å². The van der Waals surface area contributed by atoms with Crippen molar-refractivity contribution in [1.82, 2.24) is 4.48 Å². The minimum atomic E-state index is -4.45. The first-order chi connectivity index (χ1) is 17.7. The fourth-order valence-corrected chi connectivity index (χ4v) is 11.4. The molecule has 3 atom stereocenters. The third kappa shape index (κ3) is 4.41. The Bertz CT molecular complexity index is 1410. The van der Waals surface area contributed by atoms with Gasteiger partial charge in [-0.25, -0.2) is 0 Å². The zero-order chi connectivity index (χ0) is 26.5. The van der Waals surface area contributed by atoms with Gasteiger partial charge in [-0.15, -0.1) is 0 Å². The van der Waals surface area contributed by atoms with Crippen molar-refractivity contribution < 1.29 is 22.4 Å². The molecule has 37 heavy (non-hydrogen) atoms. The van der Waals surface area contributed by atoms with Gasteiger partial charge in [-0.1, -0.05) is 0 Å². The van der Waals surface area contributed by atoms with Crippen molar-refractivity contribution in [3.63, 3.8) is 0 Å². The minimum absolute atomic E-state index is 0.0395. The van der Waals surface area contributed by atoms with E-state index in [1.807, 2.05) is 25.1 Å². The number of nitrogens with zero attached hydrogens (tertiary/aromatic N) is 2. The van der Waals surface area contributed by atoms with E-state index in [0.29, 0.717) is 13.0 Å². The van der Waals surface area contributed by atoms with Crippen LogP contribution in [0, 0.1) is 6.92 Å². The van der Waals surface area contributed by atoms with Crippen LogP contribution in [0.25, 0.3) is 0 Å². The van der Waals surface area contributed by atoms with Crippen LogP contribution >= 0.6 is 11.8 Å². The molecule has 2 aromatic rings. The molecule has 1 fully saturated rings. The number of aryl methyl sites for hydroxylation is 1. The van der Waals surface area contributed by atoms with Gasteiger partial charge in [0.25, 0.3) is 0 Å². The van der Waals surface area contributed by atoms with Crippen molar-refractivity contribution in [3.05, 3.63) is 58.6 Å². The Labute approximate surface area is 230 Å². The molecule has 3 aliphatic rings. The van der Waals surface area contributed by atoms with Gasteiger partial charge in [-0.2, -0.15) is 0 Å². The molecule has 1 spiro atoms. The van der Waals surface area contributed by atoms with E-state index in [2.05, 4.69) is 43.0 Å². The van der Waals surface area contributed by atoms with Gasteiger partial charge in [0.15, 0.2) is 0 Å². The summed E-state index contributed by atoms with van der Waals surface area (Å²) < 4.78 is 49.5. The van der Waals surface area contributed by atoms with Crippen molar-refractivity contribution in [2.24, 2.45) is 0 Å². The molecular weight excluding hydrogens is 575 g/mol. The van der Waals surface area contributed by atoms with Gasteiger partial charge in [0, 0.05) is 0 Å². The Hall–Kier alpha value is -1.94. The molecule has 3 aliphatic heterocycles. The maximum absolute atomic E-state index is 12.4. The number of hydrogen-bond donors (Lipinski definition) is 0. The summed E-state index contributed by atoms with van der Waals surface area (Å²) in [6.45, 7) is 7.71. The Balaban J connectivity index is 1.56. The van der Waals surface area contributed by atoms with Gasteiger partial charge in [0.1, 0.15) is 0 Å². The third-order valence-electron chi connectivity index (χ3n) is 7.55. The first-order valence-corrected chi connectivity index (χ1v) is 16.5. The average molecular weight is 608 g/mol. The first kappa shape index (κ1) is 26.7. The van der Waals surface area contributed by atoms with Crippen LogP contribution in [-0.2, 0) is 10.1 Å². The van der Waals surface area contributed by atoms with Gasteiger partial charge in [-0.3, -0.25) is 0 Å². The first-order valence-electron chi connectivity index (χ1n) is 12.4. The third-order valence-corrected chi connectivity index (χ3v) is 12.7. The number of rotatable bonds is 7. The van der Waals surface area contributed by atoms with E-state index in [9.17, 15) is 13.0 Å². The fourth-order valence-electron chi connectivity index (χ4n) is 5.53. The predicted octanol–water partition coefficient (Wildman–Crippen LogP) is 4.07. The summed E-state index contributed by atoms with van der Waals surface area (Å²) in [4.78, 5) is 3.41. The topological polar surface area (TPSA) is 78.9 Å². The molecule has 2 aromatic carbocycles. The summed E-state index contributed by atoms with van der Waals surface area (Å²) >= 11 is 1.70. The van der Waals surface area contributed by atoms with Crippen molar-refractivity contribution in [1.29, 1.82) is 0 Å². The summed E-state index contributed by atoms with van der Waals surface area (Å²) in [6, 6.07) is 10.2. The second-order valence-corrected chi connectivity index (χ2v) is 14.5. The van der Waals surface area contributed by atoms with E-state index in [-0.39, 0.29) is 24.4 Å². The second kappa shape index (κ2) is 9.98. The van der Waals surface area contributed by atoms with E-state index in [0.717, 1.165) is 56.5 Å². The van der Waals surface area contributed by atoms with Crippen LogP contribution < -0.4 is 23.3 Å². The van der Waals surface area contributed by atoms with Crippen molar-refractivity contribution in [2.45, 2.75) is 48.8 Å². The maximum atomic E-state index is 12.4. The summed E-state index contributed by atoms with van der Waals surface area (Å²) in [5.74, 6) is 1.63. The fraction of sp³-hybridized carbons (Fsp3) is 0.407. The van der Waals surface area contributed by atoms with Gasteiger partial charge < -0.3 is 0 Å². The SMILES string of the molecule is CCC(/C=C1\Sc2ccc(OC)cc2N1CC)=C\C1[Se]c2cc(OC)c(C)cc2[N+]12CCC2S(=O)(=O)[O-]. The van der Waals surface area contributed by atoms with Gasteiger partial charge in [0.2, 0.25) is 0 Å². The average Bonchev–Trinajstić information content (AvgIpc) is 3.35. The van der Waals surface area contributed by atoms with E-state index in [4.69, 9.17) is 9.47 Å². The number of methoxy groups -OCH3 is 2. The zero-order valence-corrected chi connectivity index (χ0v) is 25.0.